The Labute approximate surface area is 73.2 Å². The van der Waals surface area contributed by atoms with Crippen molar-refractivity contribution in [3.05, 3.63) is 35.4 Å². The average molecular weight is 170 g/mol. The van der Waals surface area contributed by atoms with E-state index >= 15 is 0 Å². The Balaban J connectivity index is 4.98. The van der Waals surface area contributed by atoms with Gasteiger partial charge in [-0.1, -0.05) is 12.7 Å². The van der Waals surface area contributed by atoms with Gasteiger partial charge in [0, 0.05) is 0 Å². The second-order valence-electron chi connectivity index (χ2n) is 2.60. The number of hydrogen-bond donors (Lipinski definition) is 0. The van der Waals surface area contributed by atoms with E-state index in [0.29, 0.717) is 11.1 Å². The first kappa shape index (κ1) is 11.0. The van der Waals surface area contributed by atoms with Gasteiger partial charge in [0.15, 0.2) is 11.6 Å². The SMILES string of the molecule is C=C(C)/C(OC)=C(F)\C(C)=C/C. The minimum atomic E-state index is -0.340. The summed E-state index contributed by atoms with van der Waals surface area (Å²) in [6, 6.07) is 0. The molecule has 0 radical (unpaired) electrons. The van der Waals surface area contributed by atoms with Crippen molar-refractivity contribution >= 4 is 0 Å². The fourth-order valence-electron chi connectivity index (χ4n) is 0.757. The molecule has 0 spiro atoms. The van der Waals surface area contributed by atoms with Gasteiger partial charge in [0.2, 0.25) is 0 Å². The van der Waals surface area contributed by atoms with Crippen LogP contribution in [0.5, 0.6) is 0 Å². The predicted molar refractivity (Wildman–Crippen MR) is 49.4 cm³/mol. The summed E-state index contributed by atoms with van der Waals surface area (Å²) in [4.78, 5) is 0. The van der Waals surface area contributed by atoms with Crippen LogP contribution in [-0.2, 0) is 4.74 Å². The molecule has 0 aromatic heterocycles. The van der Waals surface area contributed by atoms with Crippen molar-refractivity contribution in [3.63, 3.8) is 0 Å². The molecule has 0 heterocycles. The first-order valence-electron chi connectivity index (χ1n) is 3.77. The minimum Gasteiger partial charge on any atom is -0.493 e. The predicted octanol–water partition coefficient (Wildman–Crippen LogP) is 3.36. The van der Waals surface area contributed by atoms with E-state index in [0.717, 1.165) is 0 Å². The van der Waals surface area contributed by atoms with E-state index in [-0.39, 0.29) is 11.6 Å². The van der Waals surface area contributed by atoms with Gasteiger partial charge in [0.05, 0.1) is 7.11 Å². The van der Waals surface area contributed by atoms with E-state index in [1.165, 1.54) is 7.11 Å². The van der Waals surface area contributed by atoms with Crippen LogP contribution < -0.4 is 0 Å². The highest BCUT2D eigenvalue weighted by Crippen LogP contribution is 2.21. The van der Waals surface area contributed by atoms with Gasteiger partial charge in [-0.05, 0) is 31.9 Å². The van der Waals surface area contributed by atoms with E-state index in [1.807, 2.05) is 0 Å². The molecule has 0 aliphatic rings. The summed E-state index contributed by atoms with van der Waals surface area (Å²) in [5, 5.41) is 0. The first-order valence-corrected chi connectivity index (χ1v) is 3.77. The maximum absolute atomic E-state index is 13.3. The Morgan fingerprint density at radius 3 is 2.17 bits per heavy atom. The van der Waals surface area contributed by atoms with Crippen molar-refractivity contribution < 1.29 is 9.13 Å². The normalized spacial score (nSPS) is 13.9. The van der Waals surface area contributed by atoms with E-state index in [1.54, 1.807) is 26.8 Å². The van der Waals surface area contributed by atoms with Crippen LogP contribution in [0.25, 0.3) is 0 Å². The molecule has 0 rings (SSSR count). The summed E-state index contributed by atoms with van der Waals surface area (Å²) in [5.41, 5.74) is 1.16. The molecule has 0 bridgehead atoms. The zero-order valence-corrected chi connectivity index (χ0v) is 8.07. The summed E-state index contributed by atoms with van der Waals surface area (Å²) in [6.07, 6.45) is 1.69. The molecular weight excluding hydrogens is 155 g/mol. The molecule has 0 aromatic rings. The third-order valence-electron chi connectivity index (χ3n) is 1.57. The lowest BCUT2D eigenvalue weighted by Crippen LogP contribution is -1.93. The van der Waals surface area contributed by atoms with Crippen molar-refractivity contribution in [2.45, 2.75) is 20.8 Å². The molecule has 1 nitrogen and oxygen atoms in total. The Morgan fingerprint density at radius 2 is 1.92 bits per heavy atom. The second-order valence-corrected chi connectivity index (χ2v) is 2.60. The van der Waals surface area contributed by atoms with Gasteiger partial charge in [-0.2, -0.15) is 0 Å². The largest absolute Gasteiger partial charge is 0.493 e. The maximum Gasteiger partial charge on any atom is 0.167 e. The highest BCUT2D eigenvalue weighted by Gasteiger charge is 2.08. The first-order chi connectivity index (χ1) is 5.54. The van der Waals surface area contributed by atoms with Crippen LogP contribution in [0, 0.1) is 0 Å². The van der Waals surface area contributed by atoms with Crippen molar-refractivity contribution in [2.24, 2.45) is 0 Å². The molecule has 0 amide bonds. The zero-order chi connectivity index (χ0) is 9.72. The van der Waals surface area contributed by atoms with Crippen LogP contribution in [0.4, 0.5) is 4.39 Å². The summed E-state index contributed by atoms with van der Waals surface area (Å²) < 4.78 is 18.2. The Bertz CT molecular complexity index is 236. The minimum absolute atomic E-state index is 0.227. The molecule has 0 saturated carbocycles. The molecule has 68 valence electrons. The lowest BCUT2D eigenvalue weighted by molar-refractivity contribution is 0.286. The van der Waals surface area contributed by atoms with Crippen LogP contribution in [0.1, 0.15) is 20.8 Å². The molecule has 0 atom stereocenters. The van der Waals surface area contributed by atoms with Gasteiger partial charge in [-0.3, -0.25) is 0 Å². The molecule has 2 heteroatoms. The van der Waals surface area contributed by atoms with Crippen molar-refractivity contribution in [2.75, 3.05) is 7.11 Å². The number of allylic oxidation sites excluding steroid dienone is 4. The van der Waals surface area contributed by atoms with Gasteiger partial charge in [0.25, 0.3) is 0 Å². The van der Waals surface area contributed by atoms with Crippen molar-refractivity contribution in [3.8, 4) is 0 Å². The summed E-state index contributed by atoms with van der Waals surface area (Å²) >= 11 is 0. The van der Waals surface area contributed by atoms with E-state index in [4.69, 9.17) is 4.74 Å². The molecule has 0 aliphatic heterocycles. The topological polar surface area (TPSA) is 9.23 Å². The lowest BCUT2D eigenvalue weighted by atomic mass is 10.2. The summed E-state index contributed by atoms with van der Waals surface area (Å²) in [6.45, 7) is 8.79. The molecule has 0 saturated heterocycles. The fourth-order valence-corrected chi connectivity index (χ4v) is 0.757. The second kappa shape index (κ2) is 4.75. The molecule has 12 heavy (non-hydrogen) atoms. The number of ether oxygens (including phenoxy) is 1. The zero-order valence-electron chi connectivity index (χ0n) is 8.07. The van der Waals surface area contributed by atoms with Gasteiger partial charge in [-0.15, -0.1) is 0 Å². The lowest BCUT2D eigenvalue weighted by Gasteiger charge is -2.07. The monoisotopic (exact) mass is 170 g/mol. The highest BCUT2D eigenvalue weighted by atomic mass is 19.1. The van der Waals surface area contributed by atoms with Gasteiger partial charge in [0.1, 0.15) is 0 Å². The van der Waals surface area contributed by atoms with Crippen LogP contribution in [0.2, 0.25) is 0 Å². The van der Waals surface area contributed by atoms with Gasteiger partial charge >= 0.3 is 0 Å². The van der Waals surface area contributed by atoms with Crippen LogP contribution >= 0.6 is 0 Å². The van der Waals surface area contributed by atoms with Crippen molar-refractivity contribution in [1.29, 1.82) is 0 Å². The quantitative estimate of drug-likeness (QED) is 0.466. The molecular formula is C10H15FO. The van der Waals surface area contributed by atoms with E-state index in [9.17, 15) is 4.39 Å². The average Bonchev–Trinajstić information content (AvgIpc) is 2.03. The standard InChI is InChI=1S/C10H15FO/c1-6-8(4)9(11)10(12-5)7(2)3/h6H,2H2,1,3-5H3/b8-6-,10-9-. The van der Waals surface area contributed by atoms with E-state index < -0.39 is 0 Å². The van der Waals surface area contributed by atoms with Crippen LogP contribution in [-0.4, -0.2) is 7.11 Å². The van der Waals surface area contributed by atoms with Crippen LogP contribution in [0.3, 0.4) is 0 Å². The third kappa shape index (κ3) is 2.53. The highest BCUT2D eigenvalue weighted by molar-refractivity contribution is 5.34. The third-order valence-corrected chi connectivity index (χ3v) is 1.57. The Morgan fingerprint density at radius 1 is 1.42 bits per heavy atom. The van der Waals surface area contributed by atoms with E-state index in [2.05, 4.69) is 6.58 Å². The number of halogens is 1. The molecule has 0 fully saturated rings. The van der Waals surface area contributed by atoms with Gasteiger partial charge in [-0.25, -0.2) is 4.39 Å². The molecule has 0 N–H and O–H groups in total. The maximum atomic E-state index is 13.3. The molecule has 0 aromatic carbocycles. The summed E-state index contributed by atoms with van der Waals surface area (Å²) in [5.74, 6) is -0.113. The van der Waals surface area contributed by atoms with Crippen molar-refractivity contribution in [1.82, 2.24) is 0 Å². The Kier molecular flexibility index (Phi) is 4.34. The smallest absolute Gasteiger partial charge is 0.167 e. The number of hydrogen-bond acceptors (Lipinski definition) is 1. The summed E-state index contributed by atoms with van der Waals surface area (Å²) in [7, 11) is 1.44. The molecule has 0 aliphatic carbocycles. The van der Waals surface area contributed by atoms with Crippen LogP contribution in [0.15, 0.2) is 35.4 Å². The molecule has 0 unspecified atom stereocenters. The number of rotatable bonds is 3. The van der Waals surface area contributed by atoms with Gasteiger partial charge < -0.3 is 4.74 Å². The Hall–Kier alpha value is -1.05. The fraction of sp³-hybridized carbons (Fsp3) is 0.400. The number of methoxy groups -OCH3 is 1.